The first-order valence-electron chi connectivity index (χ1n) is 6.31. The molecule has 0 aromatic heterocycles. The van der Waals surface area contributed by atoms with E-state index in [1.165, 1.54) is 12.1 Å². The zero-order valence-corrected chi connectivity index (χ0v) is 10.7. The number of benzene rings is 1. The van der Waals surface area contributed by atoms with Crippen molar-refractivity contribution in [1.29, 1.82) is 0 Å². The van der Waals surface area contributed by atoms with E-state index < -0.39 is 17.3 Å². The van der Waals surface area contributed by atoms with Gasteiger partial charge in [-0.05, 0) is 44.4 Å². The fourth-order valence-corrected chi connectivity index (χ4v) is 2.08. The fourth-order valence-electron chi connectivity index (χ4n) is 2.08. The lowest BCUT2D eigenvalue weighted by Crippen LogP contribution is -2.46. The molecule has 0 spiro atoms. The predicted molar refractivity (Wildman–Crippen MR) is 68.6 cm³/mol. The monoisotopic (exact) mass is 265 g/mol. The highest BCUT2D eigenvalue weighted by Crippen LogP contribution is 2.33. The fraction of sp³-hybridized carbons (Fsp3) is 0.429. The Morgan fingerprint density at radius 2 is 2.26 bits per heavy atom. The first-order chi connectivity index (χ1) is 9.10. The van der Waals surface area contributed by atoms with E-state index >= 15 is 0 Å². The zero-order chi connectivity index (χ0) is 13.9. The highest BCUT2D eigenvalue weighted by molar-refractivity contribution is 5.90. The largest absolute Gasteiger partial charge is 0.462 e. The van der Waals surface area contributed by atoms with Crippen LogP contribution in [0, 0.1) is 5.82 Å². The minimum Gasteiger partial charge on any atom is -0.462 e. The molecule has 5 heteroatoms. The van der Waals surface area contributed by atoms with E-state index in [1.54, 1.807) is 13.0 Å². The summed E-state index contributed by atoms with van der Waals surface area (Å²) in [7, 11) is 0. The van der Waals surface area contributed by atoms with Crippen molar-refractivity contribution in [2.75, 3.05) is 11.9 Å². The average molecular weight is 265 g/mol. The van der Waals surface area contributed by atoms with Crippen molar-refractivity contribution in [2.45, 2.75) is 31.7 Å². The molecule has 1 aliphatic carbocycles. The van der Waals surface area contributed by atoms with Gasteiger partial charge in [0.2, 0.25) is 0 Å². The van der Waals surface area contributed by atoms with Gasteiger partial charge < -0.3 is 14.8 Å². The van der Waals surface area contributed by atoms with Gasteiger partial charge in [-0.1, -0.05) is 0 Å². The second-order valence-electron chi connectivity index (χ2n) is 4.67. The Balaban J connectivity index is 2.14. The van der Waals surface area contributed by atoms with Crippen molar-refractivity contribution in [3.05, 3.63) is 29.6 Å². The number of rotatable bonds is 5. The van der Waals surface area contributed by atoms with E-state index in [9.17, 15) is 14.0 Å². The van der Waals surface area contributed by atoms with Crippen LogP contribution in [0.1, 0.15) is 36.5 Å². The minimum atomic E-state index is -0.680. The Hall–Kier alpha value is -1.91. The highest BCUT2D eigenvalue weighted by Gasteiger charge is 2.36. The Labute approximate surface area is 110 Å². The van der Waals surface area contributed by atoms with E-state index in [0.717, 1.165) is 25.5 Å². The van der Waals surface area contributed by atoms with Crippen LogP contribution in [-0.4, -0.2) is 24.4 Å². The molecule has 0 heterocycles. The molecule has 1 aliphatic rings. The first-order valence-corrected chi connectivity index (χ1v) is 6.31. The van der Waals surface area contributed by atoms with Gasteiger partial charge in [-0.3, -0.25) is 0 Å². The van der Waals surface area contributed by atoms with Gasteiger partial charge in [0.05, 0.1) is 17.7 Å². The number of hydrogen-bond donors (Lipinski definition) is 1. The third-order valence-corrected chi connectivity index (χ3v) is 3.33. The normalized spacial score (nSPS) is 16.3. The number of hydrogen-bond acceptors (Lipinski definition) is 4. The molecule has 0 atom stereocenters. The minimum absolute atomic E-state index is 0.0961. The molecule has 4 nitrogen and oxygen atoms in total. The molecule has 0 bridgehead atoms. The van der Waals surface area contributed by atoms with E-state index in [1.807, 2.05) is 0 Å². The van der Waals surface area contributed by atoms with Crippen molar-refractivity contribution in [1.82, 2.24) is 0 Å². The Bertz CT molecular complexity index is 497. The summed E-state index contributed by atoms with van der Waals surface area (Å²) in [5.41, 5.74) is -0.170. The number of carbonyl (C=O) groups excluding carboxylic acids is 2. The molecule has 1 aromatic carbocycles. The molecule has 0 aliphatic heterocycles. The Morgan fingerprint density at radius 1 is 1.53 bits per heavy atom. The highest BCUT2D eigenvalue weighted by atomic mass is 19.1. The van der Waals surface area contributed by atoms with Crippen LogP contribution in [0.3, 0.4) is 0 Å². The van der Waals surface area contributed by atoms with Crippen molar-refractivity contribution in [2.24, 2.45) is 0 Å². The standard InChI is InChI=1S/C14H16FNO3/c1-2-19-13(18)11-5-4-10(8-12(11)15)16-14(9-17)6-3-7-14/h4-5,8-9,16H,2-3,6-7H2,1H3. The van der Waals surface area contributed by atoms with Crippen LogP contribution in [0.4, 0.5) is 10.1 Å². The maximum absolute atomic E-state index is 13.8. The molecule has 1 fully saturated rings. The third-order valence-electron chi connectivity index (χ3n) is 3.33. The van der Waals surface area contributed by atoms with Gasteiger partial charge in [-0.15, -0.1) is 0 Å². The average Bonchev–Trinajstić information content (AvgIpc) is 2.34. The number of ether oxygens (including phenoxy) is 1. The van der Waals surface area contributed by atoms with E-state index in [-0.39, 0.29) is 12.2 Å². The van der Waals surface area contributed by atoms with Gasteiger partial charge in [-0.2, -0.15) is 0 Å². The summed E-state index contributed by atoms with van der Waals surface area (Å²) >= 11 is 0. The van der Waals surface area contributed by atoms with Crippen molar-refractivity contribution in [3.8, 4) is 0 Å². The number of anilines is 1. The molecule has 1 aromatic rings. The summed E-state index contributed by atoms with van der Waals surface area (Å²) in [5.74, 6) is -1.33. The van der Waals surface area contributed by atoms with E-state index in [2.05, 4.69) is 5.32 Å². The van der Waals surface area contributed by atoms with Gasteiger partial charge in [0.1, 0.15) is 12.1 Å². The van der Waals surface area contributed by atoms with Crippen molar-refractivity contribution >= 4 is 17.9 Å². The maximum Gasteiger partial charge on any atom is 0.341 e. The number of carbonyl (C=O) groups is 2. The molecule has 1 N–H and O–H groups in total. The zero-order valence-electron chi connectivity index (χ0n) is 10.7. The van der Waals surface area contributed by atoms with Gasteiger partial charge in [0, 0.05) is 5.69 Å². The lowest BCUT2D eigenvalue weighted by molar-refractivity contribution is -0.113. The summed E-state index contributed by atoms with van der Waals surface area (Å²) in [6.45, 7) is 1.86. The molecular formula is C14H16FNO3. The molecule has 0 amide bonds. The van der Waals surface area contributed by atoms with Gasteiger partial charge >= 0.3 is 5.97 Å². The lowest BCUT2D eigenvalue weighted by atomic mass is 9.78. The second kappa shape index (κ2) is 5.38. The summed E-state index contributed by atoms with van der Waals surface area (Å²) in [5, 5.41) is 3.02. The molecule has 0 unspecified atom stereocenters. The molecule has 0 saturated heterocycles. The van der Waals surface area contributed by atoms with Crippen LogP contribution in [0.25, 0.3) is 0 Å². The third kappa shape index (κ3) is 2.75. The Kier molecular flexibility index (Phi) is 3.83. The number of nitrogens with one attached hydrogen (secondary N) is 1. The second-order valence-corrected chi connectivity index (χ2v) is 4.67. The molecule has 19 heavy (non-hydrogen) atoms. The van der Waals surface area contributed by atoms with Crippen LogP contribution >= 0.6 is 0 Å². The Morgan fingerprint density at radius 3 is 2.74 bits per heavy atom. The molecular weight excluding hydrogens is 249 g/mol. The topological polar surface area (TPSA) is 55.4 Å². The van der Waals surface area contributed by atoms with E-state index in [4.69, 9.17) is 4.74 Å². The molecule has 0 radical (unpaired) electrons. The van der Waals surface area contributed by atoms with Crippen LogP contribution < -0.4 is 5.32 Å². The molecule has 102 valence electrons. The molecule has 2 rings (SSSR count). The van der Waals surface area contributed by atoms with Gasteiger partial charge in [0.25, 0.3) is 0 Å². The maximum atomic E-state index is 13.8. The lowest BCUT2D eigenvalue weighted by Gasteiger charge is -2.38. The summed E-state index contributed by atoms with van der Waals surface area (Å²) < 4.78 is 18.5. The molecule has 1 saturated carbocycles. The predicted octanol–water partition coefficient (Wildman–Crippen LogP) is 2.54. The van der Waals surface area contributed by atoms with Crippen molar-refractivity contribution < 1.29 is 18.7 Å². The van der Waals surface area contributed by atoms with Crippen LogP contribution in [0.2, 0.25) is 0 Å². The summed E-state index contributed by atoms with van der Waals surface area (Å²) in [4.78, 5) is 22.5. The van der Waals surface area contributed by atoms with E-state index in [0.29, 0.717) is 5.69 Å². The number of esters is 1. The van der Waals surface area contributed by atoms with Crippen LogP contribution in [-0.2, 0) is 9.53 Å². The summed E-state index contributed by atoms with van der Waals surface area (Å²) in [6, 6.07) is 4.17. The number of halogens is 1. The summed E-state index contributed by atoms with van der Waals surface area (Å²) in [6.07, 6.45) is 3.35. The smallest absolute Gasteiger partial charge is 0.341 e. The van der Waals surface area contributed by atoms with Crippen LogP contribution in [0.15, 0.2) is 18.2 Å². The van der Waals surface area contributed by atoms with Gasteiger partial charge in [-0.25, -0.2) is 9.18 Å². The first kappa shape index (κ1) is 13.5. The van der Waals surface area contributed by atoms with Crippen LogP contribution in [0.5, 0.6) is 0 Å². The quantitative estimate of drug-likeness (QED) is 0.656. The van der Waals surface area contributed by atoms with Gasteiger partial charge in [0.15, 0.2) is 0 Å². The van der Waals surface area contributed by atoms with Crippen molar-refractivity contribution in [3.63, 3.8) is 0 Å². The SMILES string of the molecule is CCOC(=O)c1ccc(NC2(C=O)CCC2)cc1F. The number of aldehydes is 1.